The third kappa shape index (κ3) is 7.85. The van der Waals surface area contributed by atoms with Crippen molar-refractivity contribution in [2.75, 3.05) is 10.8 Å². The molecule has 0 bridgehead atoms. The van der Waals surface area contributed by atoms with E-state index in [0.717, 1.165) is 10.8 Å². The van der Waals surface area contributed by atoms with Crippen LogP contribution in [0.25, 0.3) is 0 Å². The van der Waals surface area contributed by atoms with E-state index >= 15 is 0 Å². The molecule has 62 valence electrons. The molecule has 0 aromatic heterocycles. The van der Waals surface area contributed by atoms with E-state index in [9.17, 15) is 0 Å². The highest BCUT2D eigenvalue weighted by Gasteiger charge is 2.05. The molecule has 0 aliphatic heterocycles. The van der Waals surface area contributed by atoms with Gasteiger partial charge < -0.3 is 0 Å². The summed E-state index contributed by atoms with van der Waals surface area (Å²) in [7, 11) is 0. The fraction of sp³-hybridized carbons (Fsp3) is 1.00. The Morgan fingerprint density at radius 1 is 1.40 bits per heavy atom. The summed E-state index contributed by atoms with van der Waals surface area (Å²) in [5, 5.41) is 0.874. The first kappa shape index (κ1) is 11.8. The van der Waals surface area contributed by atoms with Crippen molar-refractivity contribution in [1.82, 2.24) is 0 Å². The Morgan fingerprint density at radius 3 is 2.40 bits per heavy atom. The van der Waals surface area contributed by atoms with Gasteiger partial charge >= 0.3 is 0 Å². The average molecular weight is 232 g/mol. The van der Waals surface area contributed by atoms with Crippen LogP contribution in [0.5, 0.6) is 0 Å². The number of rotatable bonds is 5. The Labute approximate surface area is 87.9 Å². The number of hydrogen-bond donors (Lipinski definition) is 3. The van der Waals surface area contributed by atoms with Crippen molar-refractivity contribution in [1.29, 1.82) is 0 Å². The highest BCUT2D eigenvalue weighted by molar-refractivity contribution is 8.18. The smallest absolute Gasteiger partial charge is 0.0573 e. The summed E-state index contributed by atoms with van der Waals surface area (Å²) >= 11 is 16.3. The van der Waals surface area contributed by atoms with Crippen molar-refractivity contribution in [3.63, 3.8) is 0 Å². The molecule has 0 heterocycles. The number of hydrogen-bond acceptors (Lipinski definition) is 5. The van der Waals surface area contributed by atoms with Gasteiger partial charge in [0.1, 0.15) is 0 Å². The van der Waals surface area contributed by atoms with Gasteiger partial charge in [-0.2, -0.15) is 37.9 Å². The maximum absolute atomic E-state index is 4.36. The molecule has 10 heavy (non-hydrogen) atoms. The largest absolute Gasteiger partial charge is 0.168 e. The molecule has 0 nitrogen and oxygen atoms in total. The Hall–Kier alpha value is 1.75. The summed E-state index contributed by atoms with van der Waals surface area (Å²) in [6, 6.07) is 0. The molecule has 0 amide bonds. The molecule has 0 saturated heterocycles. The second kappa shape index (κ2) is 7.40. The fourth-order valence-electron chi connectivity index (χ4n) is 0.420. The summed E-state index contributed by atoms with van der Waals surface area (Å²) in [6.45, 7) is 2.06. The van der Waals surface area contributed by atoms with Crippen LogP contribution in [0.4, 0.5) is 0 Å². The van der Waals surface area contributed by atoms with Gasteiger partial charge in [0.2, 0.25) is 0 Å². The third-order valence-corrected chi connectivity index (χ3v) is 4.25. The first-order valence-electron chi connectivity index (χ1n) is 2.87. The van der Waals surface area contributed by atoms with Gasteiger partial charge in [-0.1, -0.05) is 0 Å². The van der Waals surface area contributed by atoms with Crippen LogP contribution in [0.3, 0.4) is 0 Å². The number of thiol groups is 3. The highest BCUT2D eigenvalue weighted by atomic mass is 32.2. The maximum atomic E-state index is 4.36. The van der Waals surface area contributed by atoms with E-state index in [-0.39, 0.29) is 0 Å². The minimum absolute atomic E-state index is 0.378. The Morgan fingerprint density at radius 2 is 2.00 bits per heavy atom. The minimum atomic E-state index is 0.378. The second-order valence-corrected chi connectivity index (χ2v) is 7.11. The SMILES string of the molecule is CC(S)SC(S)CSCS. The zero-order valence-corrected chi connectivity index (χ0v) is 10.0. The molecule has 0 N–H and O–H groups in total. The highest BCUT2D eigenvalue weighted by Crippen LogP contribution is 2.25. The van der Waals surface area contributed by atoms with Gasteiger partial charge in [0, 0.05) is 15.4 Å². The summed E-state index contributed by atoms with van der Waals surface area (Å²) in [5.41, 5.74) is 0. The van der Waals surface area contributed by atoms with Crippen LogP contribution in [0.15, 0.2) is 0 Å². The van der Waals surface area contributed by atoms with Gasteiger partial charge in [-0.25, -0.2) is 0 Å². The third-order valence-electron chi connectivity index (χ3n) is 0.706. The molecule has 2 atom stereocenters. The lowest BCUT2D eigenvalue weighted by Crippen LogP contribution is -2.00. The zero-order chi connectivity index (χ0) is 7.98. The molecule has 2 unspecified atom stereocenters. The molecule has 0 aromatic rings. The van der Waals surface area contributed by atoms with Crippen LogP contribution in [0.1, 0.15) is 6.92 Å². The minimum Gasteiger partial charge on any atom is -0.168 e. The van der Waals surface area contributed by atoms with Crippen molar-refractivity contribution in [3.05, 3.63) is 0 Å². The lowest BCUT2D eigenvalue weighted by molar-refractivity contribution is 1.38. The van der Waals surface area contributed by atoms with Gasteiger partial charge in [0.15, 0.2) is 0 Å². The van der Waals surface area contributed by atoms with E-state index in [1.54, 1.807) is 23.5 Å². The van der Waals surface area contributed by atoms with E-state index in [1.807, 2.05) is 0 Å². The first-order chi connectivity index (χ1) is 4.66. The molecule has 0 spiro atoms. The molecular formula is C5H12S5. The summed E-state index contributed by atoms with van der Waals surface area (Å²) in [6.07, 6.45) is 0. The first-order valence-corrected chi connectivity index (χ1v) is 6.63. The molecule has 0 rings (SSSR count). The predicted molar refractivity (Wildman–Crippen MR) is 65.1 cm³/mol. The van der Waals surface area contributed by atoms with E-state index in [2.05, 4.69) is 44.8 Å². The standard InChI is InChI=1S/C5H12S5/c1-4(7)10-5(8)2-9-3-6/h4-8H,2-3H2,1H3. The summed E-state index contributed by atoms with van der Waals surface area (Å²) in [4.78, 5) is 0. The topological polar surface area (TPSA) is 0 Å². The Kier molecular flexibility index (Phi) is 8.70. The maximum Gasteiger partial charge on any atom is 0.0573 e. The molecule has 0 radical (unpaired) electrons. The van der Waals surface area contributed by atoms with Crippen molar-refractivity contribution in [3.8, 4) is 0 Å². The number of thioether (sulfide) groups is 2. The van der Waals surface area contributed by atoms with Crippen LogP contribution >= 0.6 is 61.4 Å². The molecule has 0 aromatic carbocycles. The second-order valence-electron chi connectivity index (χ2n) is 1.69. The molecular weight excluding hydrogens is 220 g/mol. The van der Waals surface area contributed by atoms with Crippen LogP contribution < -0.4 is 0 Å². The van der Waals surface area contributed by atoms with Crippen molar-refractivity contribution in [2.24, 2.45) is 0 Å². The van der Waals surface area contributed by atoms with Crippen molar-refractivity contribution < 1.29 is 0 Å². The quantitative estimate of drug-likeness (QED) is 0.493. The molecule has 0 aliphatic carbocycles. The van der Waals surface area contributed by atoms with Crippen LogP contribution in [0, 0.1) is 0 Å². The fourth-order valence-corrected chi connectivity index (χ4v) is 3.69. The monoisotopic (exact) mass is 232 g/mol. The zero-order valence-electron chi connectivity index (χ0n) is 5.73. The Bertz CT molecular complexity index is 74.4. The van der Waals surface area contributed by atoms with E-state index in [4.69, 9.17) is 0 Å². The van der Waals surface area contributed by atoms with Crippen LogP contribution in [-0.4, -0.2) is 20.0 Å². The normalized spacial score (nSPS) is 16.8. The van der Waals surface area contributed by atoms with Gasteiger partial charge in [0.25, 0.3) is 0 Å². The molecule has 0 fully saturated rings. The summed E-state index contributed by atoms with van der Waals surface area (Å²) in [5.74, 6) is 1.04. The lowest BCUT2D eigenvalue weighted by atomic mass is 10.9. The molecule has 0 saturated carbocycles. The van der Waals surface area contributed by atoms with E-state index in [1.165, 1.54) is 0 Å². The van der Waals surface area contributed by atoms with Gasteiger partial charge in [-0.15, -0.1) is 23.5 Å². The van der Waals surface area contributed by atoms with Gasteiger partial charge in [-0.3, -0.25) is 0 Å². The van der Waals surface area contributed by atoms with Crippen LogP contribution in [0.2, 0.25) is 0 Å². The van der Waals surface area contributed by atoms with Crippen LogP contribution in [-0.2, 0) is 0 Å². The van der Waals surface area contributed by atoms with Crippen molar-refractivity contribution in [2.45, 2.75) is 16.1 Å². The van der Waals surface area contributed by atoms with E-state index in [0.29, 0.717) is 9.16 Å². The van der Waals surface area contributed by atoms with E-state index < -0.39 is 0 Å². The lowest BCUT2D eigenvalue weighted by Gasteiger charge is -2.10. The summed E-state index contributed by atoms with van der Waals surface area (Å²) < 4.78 is 0.771. The van der Waals surface area contributed by atoms with Gasteiger partial charge in [0.05, 0.1) is 4.58 Å². The Balaban J connectivity index is 3.16. The molecule has 5 heteroatoms. The average Bonchev–Trinajstić information content (AvgIpc) is 1.82. The molecule has 0 aliphatic rings. The van der Waals surface area contributed by atoms with Gasteiger partial charge in [-0.05, 0) is 6.92 Å². The van der Waals surface area contributed by atoms with Crippen molar-refractivity contribution >= 4 is 61.4 Å². The predicted octanol–water partition coefficient (Wildman–Crippen LogP) is 2.87.